The van der Waals surface area contributed by atoms with Crippen LogP contribution in [0, 0.1) is 17.9 Å². The summed E-state index contributed by atoms with van der Waals surface area (Å²) in [5.74, 6) is 1.36. The minimum Gasteiger partial charge on any atom is -0.348 e. The Morgan fingerprint density at radius 2 is 2.30 bits per heavy atom. The van der Waals surface area contributed by atoms with E-state index in [1.807, 2.05) is 0 Å². The molecular weight excluding hydrogens is 148 g/mol. The number of halogens is 1. The molecule has 1 saturated carbocycles. The first-order valence-electron chi connectivity index (χ1n) is 3.60. The molecule has 0 aromatic rings. The fraction of sp³-hybridized carbons (Fsp3) is 0.625. The predicted octanol–water partition coefficient (Wildman–Crippen LogP) is 2.20. The van der Waals surface area contributed by atoms with Gasteiger partial charge in [0.15, 0.2) is 0 Å². The van der Waals surface area contributed by atoms with Gasteiger partial charge in [-0.15, -0.1) is 0 Å². The number of rotatable bonds is 2. The molecule has 2 heteroatoms. The molecule has 0 heterocycles. The van der Waals surface area contributed by atoms with Crippen LogP contribution in [0.3, 0.4) is 0 Å². The molecule has 2 rings (SSSR count). The summed E-state index contributed by atoms with van der Waals surface area (Å²) in [4.78, 5) is 0. The summed E-state index contributed by atoms with van der Waals surface area (Å²) >= 11 is 5.22. The minimum atomic E-state index is 0.312. The van der Waals surface area contributed by atoms with Crippen molar-refractivity contribution in [1.29, 1.82) is 0 Å². The summed E-state index contributed by atoms with van der Waals surface area (Å²) in [6, 6.07) is 2.23. The van der Waals surface area contributed by atoms with E-state index in [4.69, 9.17) is 16.3 Å². The van der Waals surface area contributed by atoms with Gasteiger partial charge in [-0.3, -0.25) is 0 Å². The quantitative estimate of drug-likeness (QED) is 0.557. The largest absolute Gasteiger partial charge is 0.348 e. The van der Waals surface area contributed by atoms with Crippen LogP contribution in [-0.2, 0) is 4.74 Å². The molecule has 0 saturated heterocycles. The standard InChI is InChI=1S/C8H9ClO/c9-5-10-8-4-6-1-2-7(8)3-6/h1-2,6-8H,3-4H2/t6-,7+,8-/m0/s1. The van der Waals surface area contributed by atoms with Crippen LogP contribution in [0.5, 0.6) is 0 Å². The van der Waals surface area contributed by atoms with Crippen molar-refractivity contribution in [3.05, 3.63) is 18.2 Å². The lowest BCUT2D eigenvalue weighted by Crippen LogP contribution is -2.15. The van der Waals surface area contributed by atoms with Gasteiger partial charge in [0.1, 0.15) is 0 Å². The zero-order valence-corrected chi connectivity index (χ0v) is 6.34. The first-order chi connectivity index (χ1) is 4.90. The summed E-state index contributed by atoms with van der Waals surface area (Å²) in [6.45, 7) is 0. The lowest BCUT2D eigenvalue weighted by atomic mass is 10.1. The van der Waals surface area contributed by atoms with Gasteiger partial charge in [-0.05, 0) is 18.8 Å². The number of hydrogen-bond donors (Lipinski definition) is 0. The maximum atomic E-state index is 5.22. The van der Waals surface area contributed by atoms with Gasteiger partial charge in [-0.2, -0.15) is 0 Å². The van der Waals surface area contributed by atoms with Crippen molar-refractivity contribution in [1.82, 2.24) is 0 Å². The van der Waals surface area contributed by atoms with Crippen LogP contribution in [0.2, 0.25) is 0 Å². The summed E-state index contributed by atoms with van der Waals surface area (Å²) in [7, 11) is 0. The third-order valence-electron chi connectivity index (χ3n) is 2.41. The molecule has 10 heavy (non-hydrogen) atoms. The third-order valence-corrected chi connectivity index (χ3v) is 2.50. The summed E-state index contributed by atoms with van der Waals surface area (Å²) in [5.41, 5.74) is 0. The maximum absolute atomic E-state index is 5.22. The van der Waals surface area contributed by atoms with Crippen LogP contribution in [0.4, 0.5) is 0 Å². The van der Waals surface area contributed by atoms with Gasteiger partial charge < -0.3 is 4.74 Å². The Morgan fingerprint density at radius 1 is 1.40 bits per heavy atom. The van der Waals surface area contributed by atoms with Gasteiger partial charge in [-0.1, -0.05) is 23.8 Å². The molecule has 0 aromatic carbocycles. The van der Waals surface area contributed by atoms with Gasteiger partial charge in [0.25, 0.3) is 0 Å². The fourth-order valence-corrected chi connectivity index (χ4v) is 2.04. The van der Waals surface area contributed by atoms with E-state index < -0.39 is 0 Å². The van der Waals surface area contributed by atoms with Gasteiger partial charge in [0, 0.05) is 5.92 Å². The molecule has 2 aliphatic carbocycles. The minimum absolute atomic E-state index is 0.312. The lowest BCUT2D eigenvalue weighted by molar-refractivity contribution is 0.105. The lowest BCUT2D eigenvalue weighted by Gasteiger charge is -2.15. The van der Waals surface area contributed by atoms with Gasteiger partial charge in [0.05, 0.1) is 6.10 Å². The Bertz CT molecular complexity index is 155. The number of allylic oxidation sites excluding steroid dienone is 1. The molecular formula is C8H9ClO. The summed E-state index contributed by atoms with van der Waals surface area (Å²) in [6.07, 6.45) is 7.20. The van der Waals surface area contributed by atoms with Gasteiger partial charge in [-0.25, -0.2) is 0 Å². The molecule has 2 bridgehead atoms. The van der Waals surface area contributed by atoms with Crippen LogP contribution in [0.15, 0.2) is 12.2 Å². The van der Waals surface area contributed by atoms with Crippen molar-refractivity contribution < 1.29 is 4.74 Å². The number of ether oxygens (including phenoxy) is 1. The highest BCUT2D eigenvalue weighted by molar-refractivity contribution is 6.22. The molecule has 2 radical (unpaired) electrons. The Hall–Kier alpha value is -0.0100. The van der Waals surface area contributed by atoms with Crippen LogP contribution in [0.25, 0.3) is 0 Å². The van der Waals surface area contributed by atoms with Crippen molar-refractivity contribution in [3.63, 3.8) is 0 Å². The van der Waals surface area contributed by atoms with Gasteiger partial charge in [0.2, 0.25) is 6.07 Å². The molecule has 2 aliphatic rings. The molecule has 1 nitrogen and oxygen atoms in total. The molecule has 54 valence electrons. The second kappa shape index (κ2) is 2.55. The Morgan fingerprint density at radius 3 is 2.80 bits per heavy atom. The van der Waals surface area contributed by atoms with E-state index in [-0.39, 0.29) is 0 Å². The Labute approximate surface area is 66.0 Å². The molecule has 0 aliphatic heterocycles. The first-order valence-corrected chi connectivity index (χ1v) is 3.97. The highest BCUT2D eigenvalue weighted by Gasteiger charge is 2.36. The molecule has 0 unspecified atom stereocenters. The molecule has 3 atom stereocenters. The monoisotopic (exact) mass is 156 g/mol. The number of hydrogen-bond acceptors (Lipinski definition) is 1. The second-order valence-corrected chi connectivity index (χ2v) is 3.17. The van der Waals surface area contributed by atoms with Gasteiger partial charge >= 0.3 is 0 Å². The van der Waals surface area contributed by atoms with Crippen molar-refractivity contribution in [3.8, 4) is 0 Å². The molecule has 1 fully saturated rings. The van der Waals surface area contributed by atoms with E-state index in [1.54, 1.807) is 0 Å². The van der Waals surface area contributed by atoms with Crippen molar-refractivity contribution in [2.75, 3.05) is 0 Å². The fourth-order valence-electron chi connectivity index (χ4n) is 1.92. The summed E-state index contributed by atoms with van der Waals surface area (Å²) in [5, 5.41) is 0. The zero-order valence-electron chi connectivity index (χ0n) is 5.59. The van der Waals surface area contributed by atoms with E-state index in [2.05, 4.69) is 18.2 Å². The van der Waals surface area contributed by atoms with E-state index in [0.717, 1.165) is 12.3 Å². The van der Waals surface area contributed by atoms with E-state index in [9.17, 15) is 0 Å². The van der Waals surface area contributed by atoms with Crippen LogP contribution in [-0.4, -0.2) is 6.10 Å². The average molecular weight is 157 g/mol. The van der Waals surface area contributed by atoms with E-state index in [0.29, 0.717) is 12.0 Å². The maximum Gasteiger partial charge on any atom is 0.237 e. The Kier molecular flexibility index (Phi) is 1.71. The highest BCUT2D eigenvalue weighted by atomic mass is 35.5. The SMILES string of the molecule is Cl[C]O[C@H]1C[C@H]2C=C[C@@H]1C2. The molecule has 0 amide bonds. The highest BCUT2D eigenvalue weighted by Crippen LogP contribution is 2.40. The zero-order chi connectivity index (χ0) is 6.97. The van der Waals surface area contributed by atoms with Crippen molar-refractivity contribution in [2.45, 2.75) is 18.9 Å². The molecule has 0 aromatic heterocycles. The first kappa shape index (κ1) is 6.68. The van der Waals surface area contributed by atoms with E-state index >= 15 is 0 Å². The van der Waals surface area contributed by atoms with E-state index in [1.165, 1.54) is 6.42 Å². The van der Waals surface area contributed by atoms with Crippen LogP contribution >= 0.6 is 11.6 Å². The molecule has 0 spiro atoms. The second-order valence-electron chi connectivity index (χ2n) is 3.01. The van der Waals surface area contributed by atoms with Crippen molar-refractivity contribution in [2.24, 2.45) is 11.8 Å². The van der Waals surface area contributed by atoms with Crippen LogP contribution < -0.4 is 0 Å². The smallest absolute Gasteiger partial charge is 0.237 e. The average Bonchev–Trinajstić information content (AvgIpc) is 2.48. The summed E-state index contributed by atoms with van der Waals surface area (Å²) < 4.78 is 5.10. The Balaban J connectivity index is 1.96. The molecule has 0 N–H and O–H groups in total. The van der Waals surface area contributed by atoms with Crippen LogP contribution in [0.1, 0.15) is 12.8 Å². The predicted molar refractivity (Wildman–Crippen MR) is 39.3 cm³/mol. The van der Waals surface area contributed by atoms with Crippen molar-refractivity contribution >= 4 is 11.6 Å². The topological polar surface area (TPSA) is 9.23 Å². The third kappa shape index (κ3) is 0.977. The number of fused-ring (bicyclic) bond motifs is 2. The normalized spacial score (nSPS) is 43.1.